The molecule has 2 aromatic heterocycles. The summed E-state index contributed by atoms with van der Waals surface area (Å²) in [7, 11) is 3.26. The van der Waals surface area contributed by atoms with Crippen LogP contribution in [0.25, 0.3) is 33.9 Å². The van der Waals surface area contributed by atoms with Gasteiger partial charge in [-0.15, -0.1) is 0 Å². The normalized spacial score (nSPS) is 10.7. The zero-order valence-corrected chi connectivity index (χ0v) is 29.4. The molecule has 0 aliphatic carbocycles. The number of carbonyl (C=O) groups is 2. The highest BCUT2D eigenvalue weighted by atomic mass is 35.5. The number of aryl methyl sites for hydroxylation is 2. The van der Waals surface area contributed by atoms with Gasteiger partial charge in [0.05, 0.1) is 54.8 Å². The third kappa shape index (κ3) is 9.40. The summed E-state index contributed by atoms with van der Waals surface area (Å²) < 4.78 is 14.1. The van der Waals surface area contributed by atoms with E-state index in [0.717, 1.165) is 56.8 Å². The van der Waals surface area contributed by atoms with Gasteiger partial charge in [-0.05, 0) is 98.3 Å². The molecule has 0 fully saturated rings. The number of ketones is 1. The van der Waals surface area contributed by atoms with Crippen LogP contribution in [0.1, 0.15) is 31.2 Å². The van der Waals surface area contributed by atoms with Crippen LogP contribution in [-0.4, -0.2) is 50.6 Å². The second-order valence-corrected chi connectivity index (χ2v) is 12.2. The van der Waals surface area contributed by atoms with Gasteiger partial charge in [-0.3, -0.25) is 4.79 Å². The fourth-order valence-electron chi connectivity index (χ4n) is 5.14. The van der Waals surface area contributed by atoms with Gasteiger partial charge in [0, 0.05) is 34.0 Å². The molecule has 0 atom stereocenters. The molecule has 50 heavy (non-hydrogen) atoms. The average Bonchev–Trinajstić information content (AvgIpc) is 3.76. The molecule has 9 nitrogen and oxygen atoms in total. The SMILES string of the molecule is COc1ccc(-n2nc(CCC(=O)O)cc2-c2ccc(Cl)cc2)cc1.COc1ccc(-n2nc(CCC(C)=O)cc2-c2ccc(Cl)cc2)cc1. The van der Waals surface area contributed by atoms with Crippen LogP contribution in [0.4, 0.5) is 0 Å². The molecule has 0 aliphatic heterocycles. The Labute approximate surface area is 300 Å². The van der Waals surface area contributed by atoms with Crippen LogP contribution in [0.3, 0.4) is 0 Å². The van der Waals surface area contributed by atoms with E-state index >= 15 is 0 Å². The van der Waals surface area contributed by atoms with Gasteiger partial charge in [-0.25, -0.2) is 9.36 Å². The lowest BCUT2D eigenvalue weighted by Crippen LogP contribution is -2.01. The van der Waals surface area contributed by atoms with Gasteiger partial charge in [-0.2, -0.15) is 10.2 Å². The van der Waals surface area contributed by atoms with Crippen molar-refractivity contribution < 1.29 is 24.2 Å². The maximum Gasteiger partial charge on any atom is 0.303 e. The Bertz CT molecular complexity index is 1890. The summed E-state index contributed by atoms with van der Waals surface area (Å²) in [6.45, 7) is 1.60. The van der Waals surface area contributed by atoms with Gasteiger partial charge in [0.2, 0.25) is 0 Å². The van der Waals surface area contributed by atoms with Crippen LogP contribution >= 0.6 is 23.2 Å². The summed E-state index contributed by atoms with van der Waals surface area (Å²) in [5.41, 5.74) is 7.21. The summed E-state index contributed by atoms with van der Waals surface area (Å²) >= 11 is 12.0. The van der Waals surface area contributed by atoms with Crippen LogP contribution in [-0.2, 0) is 22.4 Å². The molecule has 0 spiro atoms. The minimum Gasteiger partial charge on any atom is -0.497 e. The molecule has 4 aromatic carbocycles. The first-order valence-electron chi connectivity index (χ1n) is 15.8. The summed E-state index contributed by atoms with van der Waals surface area (Å²) in [4.78, 5) is 22.1. The molecular formula is C39H36Cl2N4O5. The quantitative estimate of drug-likeness (QED) is 0.135. The van der Waals surface area contributed by atoms with E-state index in [2.05, 4.69) is 5.10 Å². The number of carboxylic acid groups (broad SMARTS) is 1. The number of carboxylic acids is 1. The van der Waals surface area contributed by atoms with Crippen molar-refractivity contribution in [3.05, 3.63) is 131 Å². The lowest BCUT2D eigenvalue weighted by molar-refractivity contribution is -0.137. The Kier molecular flexibility index (Phi) is 12.1. The van der Waals surface area contributed by atoms with Crippen LogP contribution in [0, 0.1) is 0 Å². The van der Waals surface area contributed by atoms with Crippen molar-refractivity contribution in [1.29, 1.82) is 0 Å². The molecule has 0 bridgehead atoms. The molecule has 0 radical (unpaired) electrons. The molecule has 0 amide bonds. The third-order valence-corrected chi connectivity index (χ3v) is 8.27. The molecule has 0 unspecified atom stereocenters. The number of nitrogens with zero attached hydrogens (tertiary/aromatic N) is 4. The number of hydrogen-bond acceptors (Lipinski definition) is 6. The van der Waals surface area contributed by atoms with E-state index in [9.17, 15) is 9.59 Å². The zero-order valence-electron chi connectivity index (χ0n) is 27.8. The molecule has 0 saturated heterocycles. The Balaban J connectivity index is 0.000000194. The number of rotatable bonds is 12. The summed E-state index contributed by atoms with van der Waals surface area (Å²) in [5.74, 6) is 0.870. The van der Waals surface area contributed by atoms with E-state index in [0.29, 0.717) is 29.3 Å². The fourth-order valence-corrected chi connectivity index (χ4v) is 5.39. The lowest BCUT2D eigenvalue weighted by atomic mass is 10.1. The molecule has 1 N–H and O–H groups in total. The number of halogens is 2. The lowest BCUT2D eigenvalue weighted by Gasteiger charge is -2.08. The number of ether oxygens (including phenoxy) is 2. The number of carbonyl (C=O) groups excluding carboxylic acids is 1. The van der Waals surface area contributed by atoms with Gasteiger partial charge >= 0.3 is 5.97 Å². The number of methoxy groups -OCH3 is 2. The van der Waals surface area contributed by atoms with Gasteiger partial charge < -0.3 is 19.4 Å². The van der Waals surface area contributed by atoms with E-state index in [4.69, 9.17) is 42.9 Å². The van der Waals surface area contributed by atoms with Gasteiger partial charge in [0.25, 0.3) is 0 Å². The van der Waals surface area contributed by atoms with Crippen molar-refractivity contribution in [3.8, 4) is 45.4 Å². The highest BCUT2D eigenvalue weighted by Crippen LogP contribution is 2.28. The summed E-state index contributed by atoms with van der Waals surface area (Å²) in [5, 5.41) is 19.5. The van der Waals surface area contributed by atoms with Crippen molar-refractivity contribution >= 4 is 35.0 Å². The molecule has 6 aromatic rings. The van der Waals surface area contributed by atoms with E-state index in [-0.39, 0.29) is 12.2 Å². The molecule has 6 rings (SSSR count). The van der Waals surface area contributed by atoms with Gasteiger partial charge in [0.1, 0.15) is 17.3 Å². The van der Waals surface area contributed by atoms with Crippen LogP contribution < -0.4 is 9.47 Å². The van der Waals surface area contributed by atoms with Crippen molar-refractivity contribution in [2.75, 3.05) is 14.2 Å². The van der Waals surface area contributed by atoms with Crippen molar-refractivity contribution in [1.82, 2.24) is 19.6 Å². The minimum atomic E-state index is -0.841. The highest BCUT2D eigenvalue weighted by molar-refractivity contribution is 6.30. The van der Waals surface area contributed by atoms with Gasteiger partial charge in [0.15, 0.2) is 0 Å². The van der Waals surface area contributed by atoms with Crippen LogP contribution in [0.5, 0.6) is 11.5 Å². The van der Waals surface area contributed by atoms with Crippen LogP contribution in [0.15, 0.2) is 109 Å². The van der Waals surface area contributed by atoms with E-state index in [1.54, 1.807) is 25.8 Å². The largest absolute Gasteiger partial charge is 0.497 e. The molecule has 0 aliphatic rings. The average molecular weight is 712 g/mol. The summed E-state index contributed by atoms with van der Waals surface area (Å²) in [6, 6.07) is 34.3. The summed E-state index contributed by atoms with van der Waals surface area (Å²) in [6.07, 6.45) is 1.53. The van der Waals surface area contributed by atoms with Gasteiger partial charge in [-0.1, -0.05) is 47.5 Å². The predicted octanol–water partition coefficient (Wildman–Crippen LogP) is 8.94. The first-order chi connectivity index (χ1) is 24.1. The van der Waals surface area contributed by atoms with E-state index in [1.807, 2.05) is 114 Å². The molecule has 256 valence electrons. The number of aromatic nitrogens is 4. The maximum absolute atomic E-state index is 11.3. The number of aliphatic carboxylic acids is 1. The Hall–Kier alpha value is -5.38. The maximum atomic E-state index is 11.3. The Morgan fingerprint density at radius 1 is 0.620 bits per heavy atom. The second kappa shape index (κ2) is 16.8. The number of benzene rings is 4. The predicted molar refractivity (Wildman–Crippen MR) is 196 cm³/mol. The smallest absolute Gasteiger partial charge is 0.303 e. The Morgan fingerprint density at radius 3 is 1.34 bits per heavy atom. The standard InChI is InChI=1S/C20H19ClN2O2.C19H17ClN2O3/c1-14(24)3-8-17-13-20(15-4-6-16(21)7-5-15)23(22-17)18-9-11-19(25-2)12-10-18;1-25-17-9-7-16(8-10-17)22-18(13-2-4-14(20)5-3-13)12-15(21-22)6-11-19(23)24/h4-7,9-13H,3,8H2,1-2H3;2-5,7-10,12H,6,11H2,1H3,(H,23,24). The van der Waals surface area contributed by atoms with E-state index < -0.39 is 5.97 Å². The van der Waals surface area contributed by atoms with Crippen molar-refractivity contribution in [2.24, 2.45) is 0 Å². The van der Waals surface area contributed by atoms with Crippen molar-refractivity contribution in [2.45, 2.75) is 32.6 Å². The molecule has 2 heterocycles. The topological polar surface area (TPSA) is 108 Å². The minimum absolute atomic E-state index is 0.0414. The fraction of sp³-hybridized carbons (Fsp3) is 0.179. The molecule has 11 heteroatoms. The number of hydrogen-bond donors (Lipinski definition) is 1. The van der Waals surface area contributed by atoms with E-state index in [1.165, 1.54) is 0 Å². The molecule has 0 saturated carbocycles. The monoisotopic (exact) mass is 710 g/mol. The Morgan fingerprint density at radius 2 is 1.00 bits per heavy atom. The first kappa shape index (κ1) is 35.9. The first-order valence-corrected chi connectivity index (χ1v) is 16.6. The highest BCUT2D eigenvalue weighted by Gasteiger charge is 2.14. The number of Topliss-reactive ketones (excluding diaryl/α,β-unsaturated/α-hetero) is 1. The zero-order chi connectivity index (χ0) is 35.6. The van der Waals surface area contributed by atoms with Crippen LogP contribution in [0.2, 0.25) is 10.0 Å². The van der Waals surface area contributed by atoms with Crippen molar-refractivity contribution in [3.63, 3.8) is 0 Å². The third-order valence-electron chi connectivity index (χ3n) is 7.76. The second-order valence-electron chi connectivity index (χ2n) is 11.4. The molecular weight excluding hydrogens is 675 g/mol.